The number of anilines is 1. The number of carbonyl (C=O) groups is 1. The molecule has 1 aliphatic carbocycles. The number of aliphatic hydroxyl groups is 1. The summed E-state index contributed by atoms with van der Waals surface area (Å²) in [6, 6.07) is 5.81. The topological polar surface area (TPSA) is 58.6 Å². The summed E-state index contributed by atoms with van der Waals surface area (Å²) in [6.07, 6.45) is 3.71. The molecule has 0 radical (unpaired) electrons. The lowest BCUT2D eigenvalue weighted by Crippen LogP contribution is -2.28. The lowest BCUT2D eigenvalue weighted by atomic mass is 9.87. The molecular formula is C15H19NO3. The molecule has 1 fully saturated rings. The Balaban J connectivity index is 1.63. The monoisotopic (exact) mass is 261 g/mol. The van der Waals surface area contributed by atoms with E-state index in [4.69, 9.17) is 4.74 Å². The van der Waals surface area contributed by atoms with Crippen molar-refractivity contribution in [1.82, 2.24) is 0 Å². The number of nitrogens with one attached hydrogen (secondary N) is 1. The summed E-state index contributed by atoms with van der Waals surface area (Å²) in [4.78, 5) is 12.2. The predicted octanol–water partition coefficient (Wildman–Crippen LogP) is 2.11. The van der Waals surface area contributed by atoms with E-state index >= 15 is 0 Å². The molecule has 2 N–H and O–H groups in total. The van der Waals surface area contributed by atoms with Crippen LogP contribution in [0.5, 0.6) is 5.75 Å². The summed E-state index contributed by atoms with van der Waals surface area (Å²) in [6.45, 7) is 0.729. The van der Waals surface area contributed by atoms with Crippen LogP contribution < -0.4 is 10.1 Å². The maximum atomic E-state index is 12.2. The molecule has 0 aromatic heterocycles. The molecule has 19 heavy (non-hydrogen) atoms. The molecule has 4 nitrogen and oxygen atoms in total. The van der Waals surface area contributed by atoms with Crippen LogP contribution in [0.4, 0.5) is 5.69 Å². The standard InChI is InChI=1S/C15H19NO3/c17-13-4-1-10(2-5-13)15(18)16-12-3-6-14-11(9-12)7-8-19-14/h3,6,9-10,13,17H,1-2,4-5,7-8H2,(H,16,18). The number of hydrogen-bond acceptors (Lipinski definition) is 3. The molecule has 1 aliphatic heterocycles. The third-order valence-electron chi connectivity index (χ3n) is 4.02. The molecule has 0 atom stereocenters. The van der Waals surface area contributed by atoms with Crippen LogP contribution in [-0.2, 0) is 11.2 Å². The zero-order valence-corrected chi connectivity index (χ0v) is 10.9. The lowest BCUT2D eigenvalue weighted by molar-refractivity contribution is -0.121. The van der Waals surface area contributed by atoms with Crippen LogP contribution in [0.15, 0.2) is 18.2 Å². The van der Waals surface area contributed by atoms with Gasteiger partial charge in [0.25, 0.3) is 0 Å². The van der Waals surface area contributed by atoms with Crippen molar-refractivity contribution in [2.75, 3.05) is 11.9 Å². The first-order valence-corrected chi connectivity index (χ1v) is 6.97. The zero-order valence-electron chi connectivity index (χ0n) is 10.9. The molecule has 1 aromatic rings. The van der Waals surface area contributed by atoms with Crippen LogP contribution >= 0.6 is 0 Å². The maximum absolute atomic E-state index is 12.2. The molecule has 0 unspecified atom stereocenters. The van der Waals surface area contributed by atoms with Gasteiger partial charge in [0.2, 0.25) is 5.91 Å². The van der Waals surface area contributed by atoms with Gasteiger partial charge in [0.05, 0.1) is 12.7 Å². The summed E-state index contributed by atoms with van der Waals surface area (Å²) in [7, 11) is 0. The highest BCUT2D eigenvalue weighted by atomic mass is 16.5. The molecule has 0 spiro atoms. The van der Waals surface area contributed by atoms with Gasteiger partial charge >= 0.3 is 0 Å². The second kappa shape index (κ2) is 5.21. The Morgan fingerprint density at radius 2 is 2.05 bits per heavy atom. The summed E-state index contributed by atoms with van der Waals surface area (Å²) in [5, 5.41) is 12.4. The number of aliphatic hydroxyl groups excluding tert-OH is 1. The van der Waals surface area contributed by atoms with E-state index in [1.54, 1.807) is 0 Å². The highest BCUT2D eigenvalue weighted by Crippen LogP contribution is 2.29. The highest BCUT2D eigenvalue weighted by Gasteiger charge is 2.25. The van der Waals surface area contributed by atoms with Crippen molar-refractivity contribution in [3.63, 3.8) is 0 Å². The number of carbonyl (C=O) groups excluding carboxylic acids is 1. The maximum Gasteiger partial charge on any atom is 0.227 e. The van der Waals surface area contributed by atoms with Crippen molar-refractivity contribution in [3.05, 3.63) is 23.8 Å². The average Bonchev–Trinajstić information content (AvgIpc) is 2.87. The molecule has 3 rings (SSSR count). The number of benzene rings is 1. The van der Waals surface area contributed by atoms with Gasteiger partial charge in [-0.2, -0.15) is 0 Å². The molecule has 1 amide bonds. The molecule has 2 aliphatic rings. The van der Waals surface area contributed by atoms with Gasteiger partial charge in [-0.05, 0) is 49.4 Å². The van der Waals surface area contributed by atoms with Crippen LogP contribution in [0.3, 0.4) is 0 Å². The number of rotatable bonds is 2. The minimum atomic E-state index is -0.221. The molecule has 0 saturated heterocycles. The Labute approximate surface area is 112 Å². The fourth-order valence-electron chi connectivity index (χ4n) is 2.85. The van der Waals surface area contributed by atoms with Crippen molar-refractivity contribution in [1.29, 1.82) is 0 Å². The van der Waals surface area contributed by atoms with Gasteiger partial charge in [-0.15, -0.1) is 0 Å². The predicted molar refractivity (Wildman–Crippen MR) is 72.2 cm³/mol. The fourth-order valence-corrected chi connectivity index (χ4v) is 2.85. The SMILES string of the molecule is O=C(Nc1ccc2c(c1)CCO2)C1CCC(O)CC1. The zero-order chi connectivity index (χ0) is 13.2. The first-order chi connectivity index (χ1) is 9.22. The van der Waals surface area contributed by atoms with Gasteiger partial charge in [-0.1, -0.05) is 0 Å². The Kier molecular flexibility index (Phi) is 3.42. The quantitative estimate of drug-likeness (QED) is 0.857. The van der Waals surface area contributed by atoms with Gasteiger partial charge < -0.3 is 15.2 Å². The second-order valence-corrected chi connectivity index (χ2v) is 5.42. The molecular weight excluding hydrogens is 242 g/mol. The number of amides is 1. The number of hydrogen-bond donors (Lipinski definition) is 2. The highest BCUT2D eigenvalue weighted by molar-refractivity contribution is 5.92. The van der Waals surface area contributed by atoms with Crippen molar-refractivity contribution >= 4 is 11.6 Å². The summed E-state index contributed by atoms with van der Waals surface area (Å²) < 4.78 is 5.45. The average molecular weight is 261 g/mol. The van der Waals surface area contributed by atoms with Crippen molar-refractivity contribution < 1.29 is 14.6 Å². The molecule has 1 aromatic carbocycles. The van der Waals surface area contributed by atoms with Gasteiger partial charge in [0.1, 0.15) is 5.75 Å². The van der Waals surface area contributed by atoms with Crippen LogP contribution in [0, 0.1) is 5.92 Å². The van der Waals surface area contributed by atoms with Crippen LogP contribution in [0.1, 0.15) is 31.2 Å². The summed E-state index contributed by atoms with van der Waals surface area (Å²) >= 11 is 0. The summed E-state index contributed by atoms with van der Waals surface area (Å²) in [5.41, 5.74) is 2.01. The van der Waals surface area contributed by atoms with Gasteiger partial charge in [0.15, 0.2) is 0 Å². The Bertz CT molecular complexity index is 478. The number of ether oxygens (including phenoxy) is 1. The largest absolute Gasteiger partial charge is 0.493 e. The normalized spacial score (nSPS) is 25.5. The van der Waals surface area contributed by atoms with Gasteiger partial charge in [0, 0.05) is 18.0 Å². The Morgan fingerprint density at radius 1 is 1.26 bits per heavy atom. The molecule has 102 valence electrons. The third kappa shape index (κ3) is 2.73. The van der Waals surface area contributed by atoms with Crippen molar-refractivity contribution in [3.8, 4) is 5.75 Å². The smallest absolute Gasteiger partial charge is 0.227 e. The Morgan fingerprint density at radius 3 is 2.84 bits per heavy atom. The van der Waals surface area contributed by atoms with E-state index < -0.39 is 0 Å². The lowest BCUT2D eigenvalue weighted by Gasteiger charge is -2.24. The van der Waals surface area contributed by atoms with E-state index in [2.05, 4.69) is 5.32 Å². The number of fused-ring (bicyclic) bond motifs is 1. The van der Waals surface area contributed by atoms with Crippen LogP contribution in [0.2, 0.25) is 0 Å². The van der Waals surface area contributed by atoms with Crippen molar-refractivity contribution in [2.45, 2.75) is 38.2 Å². The van der Waals surface area contributed by atoms with E-state index in [0.29, 0.717) is 0 Å². The third-order valence-corrected chi connectivity index (χ3v) is 4.02. The molecule has 1 heterocycles. The molecule has 4 heteroatoms. The van der Waals surface area contributed by atoms with E-state index in [1.165, 1.54) is 0 Å². The first kappa shape index (κ1) is 12.5. The van der Waals surface area contributed by atoms with E-state index in [0.717, 1.165) is 55.7 Å². The van der Waals surface area contributed by atoms with E-state index in [-0.39, 0.29) is 17.9 Å². The molecule has 1 saturated carbocycles. The minimum absolute atomic E-state index is 0.0351. The van der Waals surface area contributed by atoms with Gasteiger partial charge in [-0.25, -0.2) is 0 Å². The van der Waals surface area contributed by atoms with E-state index in [9.17, 15) is 9.90 Å². The molecule has 0 bridgehead atoms. The summed E-state index contributed by atoms with van der Waals surface area (Å²) in [5.74, 6) is 1.04. The second-order valence-electron chi connectivity index (χ2n) is 5.42. The van der Waals surface area contributed by atoms with Crippen molar-refractivity contribution in [2.24, 2.45) is 5.92 Å². The first-order valence-electron chi connectivity index (χ1n) is 6.97. The minimum Gasteiger partial charge on any atom is -0.493 e. The van der Waals surface area contributed by atoms with Crippen LogP contribution in [0.25, 0.3) is 0 Å². The van der Waals surface area contributed by atoms with Crippen LogP contribution in [-0.4, -0.2) is 23.7 Å². The Hall–Kier alpha value is -1.55. The fraction of sp³-hybridized carbons (Fsp3) is 0.533. The van der Waals surface area contributed by atoms with E-state index in [1.807, 2.05) is 18.2 Å². The van der Waals surface area contributed by atoms with Gasteiger partial charge in [-0.3, -0.25) is 4.79 Å².